The lowest BCUT2D eigenvalue weighted by atomic mass is 9.94. The van der Waals surface area contributed by atoms with Crippen LogP contribution in [-0.4, -0.2) is 57.8 Å². The van der Waals surface area contributed by atoms with E-state index >= 15 is 0 Å². The first kappa shape index (κ1) is 21.0. The van der Waals surface area contributed by atoms with E-state index in [2.05, 4.69) is 15.7 Å². The number of fused-ring (bicyclic) bond motifs is 2. The molecule has 3 heterocycles. The zero-order valence-corrected chi connectivity index (χ0v) is 17.8. The molecular weight excluding hydrogens is 398 g/mol. The van der Waals surface area contributed by atoms with Crippen molar-refractivity contribution in [3.8, 4) is 5.75 Å². The van der Waals surface area contributed by atoms with Gasteiger partial charge in [0.05, 0.1) is 30.8 Å². The molecule has 0 bridgehead atoms. The molecule has 1 amide bonds. The Morgan fingerprint density at radius 2 is 2.19 bits per heavy atom. The molecule has 31 heavy (non-hydrogen) atoms. The third kappa shape index (κ3) is 4.92. The van der Waals surface area contributed by atoms with Crippen LogP contribution in [0.2, 0.25) is 0 Å². The highest BCUT2D eigenvalue weighted by Gasteiger charge is 2.31. The minimum Gasteiger partial charge on any atom is -0.493 e. The predicted molar refractivity (Wildman–Crippen MR) is 116 cm³/mol. The highest BCUT2D eigenvalue weighted by Crippen LogP contribution is 2.28. The number of amides is 1. The molecule has 9 nitrogen and oxygen atoms in total. The maximum absolute atomic E-state index is 12.8. The Morgan fingerprint density at radius 3 is 2.97 bits per heavy atom. The molecule has 2 aromatic rings. The van der Waals surface area contributed by atoms with Crippen molar-refractivity contribution in [1.29, 1.82) is 0 Å². The molecule has 0 fully saturated rings. The highest BCUT2D eigenvalue weighted by molar-refractivity contribution is 5.84. The third-order valence-electron chi connectivity index (χ3n) is 5.65. The Hall–Kier alpha value is -3.23. The number of ether oxygens (including phenoxy) is 1. The summed E-state index contributed by atoms with van der Waals surface area (Å²) < 4.78 is 7.87. The number of nitrogens with zero attached hydrogens (tertiary/aromatic N) is 3. The van der Waals surface area contributed by atoms with Gasteiger partial charge in [-0.2, -0.15) is 0 Å². The number of nitrogens with one attached hydrogen (secondary N) is 2. The summed E-state index contributed by atoms with van der Waals surface area (Å²) in [5.41, 5.74) is 6.24. The van der Waals surface area contributed by atoms with E-state index in [0.717, 1.165) is 48.0 Å². The van der Waals surface area contributed by atoms with E-state index in [1.165, 1.54) is 0 Å². The lowest BCUT2D eigenvalue weighted by Crippen LogP contribution is -2.36. The number of rotatable bonds is 8. The third-order valence-corrected chi connectivity index (χ3v) is 5.65. The lowest BCUT2D eigenvalue weighted by molar-refractivity contribution is -0.144. The van der Waals surface area contributed by atoms with E-state index in [1.807, 2.05) is 36.0 Å². The number of hydrogen-bond donors (Lipinski definition) is 3. The van der Waals surface area contributed by atoms with Crippen LogP contribution in [0.3, 0.4) is 0 Å². The normalized spacial score (nSPS) is 17.8. The lowest BCUT2D eigenvalue weighted by Gasteiger charge is -2.23. The second-order valence-corrected chi connectivity index (χ2v) is 8.05. The molecule has 3 N–H and O–H groups in total. The van der Waals surface area contributed by atoms with Crippen LogP contribution in [-0.2, 0) is 29.0 Å². The first-order valence-electron chi connectivity index (χ1n) is 10.8. The predicted octanol–water partition coefficient (Wildman–Crippen LogP) is 1.86. The number of imidazole rings is 1. The standard InChI is InChI=1S/C22H29N5O4/c1-2-8-26-13-17-11-19(4-3-15(17)10-16(21(26)30)12-20(28)29)31-9-5-18-14-27-22(25-18)23-6-7-24-27/h3-4,11,14,16,24H,2,5-10,12-13H2,1H3,(H,23,25)(H,28,29). The molecule has 1 unspecified atom stereocenters. The topological polar surface area (TPSA) is 109 Å². The van der Waals surface area contributed by atoms with Crippen LogP contribution in [0.25, 0.3) is 0 Å². The summed E-state index contributed by atoms with van der Waals surface area (Å²) in [6.45, 7) is 5.33. The Bertz CT molecular complexity index is 934. The summed E-state index contributed by atoms with van der Waals surface area (Å²) in [5.74, 6) is 0.0344. The van der Waals surface area contributed by atoms with E-state index in [9.17, 15) is 14.7 Å². The number of hydrogen-bond acceptors (Lipinski definition) is 6. The van der Waals surface area contributed by atoms with Crippen LogP contribution in [0.5, 0.6) is 5.75 Å². The number of aromatic nitrogens is 2. The van der Waals surface area contributed by atoms with Crippen molar-refractivity contribution in [3.05, 3.63) is 41.2 Å². The Balaban J connectivity index is 1.43. The number of carbonyl (C=O) groups excluding carboxylic acids is 1. The van der Waals surface area contributed by atoms with Crippen molar-refractivity contribution in [2.24, 2.45) is 5.92 Å². The Kier molecular flexibility index (Phi) is 6.29. The maximum Gasteiger partial charge on any atom is 0.304 e. The average Bonchev–Trinajstić information content (AvgIpc) is 3.11. The maximum atomic E-state index is 12.8. The number of anilines is 1. The number of aliphatic carboxylic acids is 1. The second kappa shape index (κ2) is 9.28. The minimum atomic E-state index is -0.940. The van der Waals surface area contributed by atoms with Gasteiger partial charge < -0.3 is 25.5 Å². The van der Waals surface area contributed by atoms with Crippen molar-refractivity contribution >= 4 is 17.8 Å². The van der Waals surface area contributed by atoms with E-state index in [1.54, 1.807) is 4.90 Å². The molecule has 4 rings (SSSR count). The van der Waals surface area contributed by atoms with E-state index in [0.29, 0.717) is 32.5 Å². The van der Waals surface area contributed by atoms with Crippen molar-refractivity contribution in [2.75, 3.05) is 37.0 Å². The first-order valence-corrected chi connectivity index (χ1v) is 10.8. The molecule has 2 aliphatic rings. The zero-order valence-electron chi connectivity index (χ0n) is 17.8. The molecule has 166 valence electrons. The average molecular weight is 428 g/mol. The fourth-order valence-electron chi connectivity index (χ4n) is 4.18. The second-order valence-electron chi connectivity index (χ2n) is 8.05. The van der Waals surface area contributed by atoms with Crippen LogP contribution in [0.4, 0.5) is 5.95 Å². The number of carboxylic acid groups (broad SMARTS) is 1. The molecule has 1 aromatic heterocycles. The number of benzene rings is 1. The van der Waals surface area contributed by atoms with Gasteiger partial charge in [0.25, 0.3) is 0 Å². The van der Waals surface area contributed by atoms with Gasteiger partial charge in [0.2, 0.25) is 11.9 Å². The summed E-state index contributed by atoms with van der Waals surface area (Å²) in [4.78, 5) is 30.4. The molecule has 0 saturated heterocycles. The van der Waals surface area contributed by atoms with E-state index in [-0.39, 0.29) is 12.3 Å². The summed E-state index contributed by atoms with van der Waals surface area (Å²) in [6.07, 6.45) is 3.78. The van der Waals surface area contributed by atoms with Gasteiger partial charge in [-0.25, -0.2) is 9.66 Å². The molecular formula is C22H29N5O4. The quantitative estimate of drug-likeness (QED) is 0.590. The summed E-state index contributed by atoms with van der Waals surface area (Å²) in [7, 11) is 0. The molecule has 0 radical (unpaired) electrons. The number of carbonyl (C=O) groups is 2. The van der Waals surface area contributed by atoms with E-state index in [4.69, 9.17) is 4.74 Å². The van der Waals surface area contributed by atoms with Gasteiger partial charge in [0.15, 0.2) is 0 Å². The highest BCUT2D eigenvalue weighted by atomic mass is 16.5. The smallest absolute Gasteiger partial charge is 0.304 e. The molecule has 0 aliphatic carbocycles. The monoisotopic (exact) mass is 427 g/mol. The number of carboxylic acids is 1. The fourth-order valence-corrected chi connectivity index (χ4v) is 4.18. The molecule has 2 aliphatic heterocycles. The van der Waals surface area contributed by atoms with Crippen LogP contribution in [0, 0.1) is 5.92 Å². The Morgan fingerprint density at radius 1 is 1.32 bits per heavy atom. The minimum absolute atomic E-state index is 0.0751. The van der Waals surface area contributed by atoms with Gasteiger partial charge in [-0.3, -0.25) is 9.59 Å². The van der Waals surface area contributed by atoms with Gasteiger partial charge in [-0.15, -0.1) is 0 Å². The van der Waals surface area contributed by atoms with Gasteiger partial charge in [0.1, 0.15) is 5.75 Å². The molecule has 0 saturated carbocycles. The molecule has 9 heteroatoms. The molecule has 1 atom stereocenters. The summed E-state index contributed by atoms with van der Waals surface area (Å²) in [5, 5.41) is 12.5. The zero-order chi connectivity index (χ0) is 21.8. The first-order chi connectivity index (χ1) is 15.0. The van der Waals surface area contributed by atoms with Crippen molar-refractivity contribution in [1.82, 2.24) is 14.6 Å². The summed E-state index contributed by atoms with van der Waals surface area (Å²) in [6, 6.07) is 5.85. The van der Waals surface area contributed by atoms with Crippen molar-refractivity contribution in [3.63, 3.8) is 0 Å². The fraction of sp³-hybridized carbons (Fsp3) is 0.500. The van der Waals surface area contributed by atoms with Crippen LogP contribution in [0.1, 0.15) is 36.6 Å². The van der Waals surface area contributed by atoms with Crippen molar-refractivity contribution in [2.45, 2.75) is 39.2 Å². The van der Waals surface area contributed by atoms with Crippen LogP contribution in [0.15, 0.2) is 24.4 Å². The molecule has 1 aromatic carbocycles. The van der Waals surface area contributed by atoms with Crippen molar-refractivity contribution < 1.29 is 19.4 Å². The van der Waals surface area contributed by atoms with Gasteiger partial charge in [-0.1, -0.05) is 13.0 Å². The van der Waals surface area contributed by atoms with Crippen LogP contribution < -0.4 is 15.5 Å². The SMILES string of the molecule is CCCN1Cc2cc(OCCc3cn4c(n3)NCCN4)ccc2CC(CC(=O)O)C1=O. The van der Waals surface area contributed by atoms with Gasteiger partial charge in [-0.05, 0) is 36.1 Å². The summed E-state index contributed by atoms with van der Waals surface area (Å²) >= 11 is 0. The Labute approximate surface area is 181 Å². The van der Waals surface area contributed by atoms with Crippen LogP contribution >= 0.6 is 0 Å². The van der Waals surface area contributed by atoms with Gasteiger partial charge in [0, 0.05) is 32.6 Å². The largest absolute Gasteiger partial charge is 0.493 e. The molecule has 0 spiro atoms. The van der Waals surface area contributed by atoms with E-state index < -0.39 is 11.9 Å². The van der Waals surface area contributed by atoms with Gasteiger partial charge >= 0.3 is 5.97 Å².